The molecule has 0 atom stereocenters. The Morgan fingerprint density at radius 2 is 1.82 bits per heavy atom. The van der Waals surface area contributed by atoms with Crippen LogP contribution >= 0.6 is 15.9 Å². The first-order valence-electron chi connectivity index (χ1n) is 5.71. The zero-order chi connectivity index (χ0) is 12.6. The quantitative estimate of drug-likeness (QED) is 0.758. The number of aromatic nitrogens is 2. The summed E-state index contributed by atoms with van der Waals surface area (Å²) >= 11 is 3.07. The molecule has 1 aromatic heterocycles. The van der Waals surface area contributed by atoms with E-state index < -0.39 is 11.9 Å². The van der Waals surface area contributed by atoms with Gasteiger partial charge in [-0.25, -0.2) is 0 Å². The molecule has 1 saturated carbocycles. The van der Waals surface area contributed by atoms with Gasteiger partial charge in [0.1, 0.15) is 0 Å². The summed E-state index contributed by atoms with van der Waals surface area (Å²) < 4.78 is 39.6. The molecular formula is C11H14BrF3N2. The van der Waals surface area contributed by atoms with E-state index in [0.717, 1.165) is 25.7 Å². The minimum Gasteiger partial charge on any atom is -0.271 e. The molecule has 0 unspecified atom stereocenters. The maximum atomic E-state index is 12.7. The predicted molar refractivity (Wildman–Crippen MR) is 61.7 cm³/mol. The Hall–Kier alpha value is -0.520. The van der Waals surface area contributed by atoms with Crippen LogP contribution in [0, 0.1) is 0 Å². The molecule has 1 fully saturated rings. The number of nitrogens with zero attached hydrogens (tertiary/aromatic N) is 2. The van der Waals surface area contributed by atoms with E-state index >= 15 is 0 Å². The lowest BCUT2D eigenvalue weighted by Gasteiger charge is -2.22. The zero-order valence-corrected chi connectivity index (χ0v) is 11.1. The summed E-state index contributed by atoms with van der Waals surface area (Å²) in [5.41, 5.74) is -0.113. The summed E-state index contributed by atoms with van der Waals surface area (Å²) in [6.07, 6.45) is 0.875. The van der Waals surface area contributed by atoms with Crippen LogP contribution in [0.5, 0.6) is 0 Å². The van der Waals surface area contributed by atoms with E-state index in [4.69, 9.17) is 0 Å². The van der Waals surface area contributed by atoms with Gasteiger partial charge in [0.05, 0.1) is 10.2 Å². The zero-order valence-electron chi connectivity index (χ0n) is 9.52. The third-order valence-corrected chi connectivity index (χ3v) is 4.07. The van der Waals surface area contributed by atoms with Crippen molar-refractivity contribution in [3.63, 3.8) is 0 Å². The van der Waals surface area contributed by atoms with E-state index in [1.54, 1.807) is 7.05 Å². The number of rotatable bonds is 1. The molecule has 1 aromatic rings. The second kappa shape index (κ2) is 4.63. The summed E-state index contributed by atoms with van der Waals surface area (Å²) in [7, 11) is 1.59. The van der Waals surface area contributed by atoms with Crippen LogP contribution < -0.4 is 0 Å². The third-order valence-electron chi connectivity index (χ3n) is 3.29. The molecule has 2 nitrogen and oxygen atoms in total. The van der Waals surface area contributed by atoms with Crippen LogP contribution in [0.3, 0.4) is 0 Å². The van der Waals surface area contributed by atoms with Gasteiger partial charge < -0.3 is 0 Å². The highest BCUT2D eigenvalue weighted by Crippen LogP contribution is 2.41. The first-order valence-corrected chi connectivity index (χ1v) is 6.50. The monoisotopic (exact) mass is 310 g/mol. The van der Waals surface area contributed by atoms with Crippen molar-refractivity contribution in [2.24, 2.45) is 7.05 Å². The fourth-order valence-electron chi connectivity index (χ4n) is 2.51. The van der Waals surface area contributed by atoms with Crippen molar-refractivity contribution in [3.05, 3.63) is 15.9 Å². The highest BCUT2D eigenvalue weighted by molar-refractivity contribution is 9.10. The van der Waals surface area contributed by atoms with Gasteiger partial charge in [-0.1, -0.05) is 19.3 Å². The first-order chi connectivity index (χ1) is 7.91. The molecule has 0 aromatic carbocycles. The van der Waals surface area contributed by atoms with Gasteiger partial charge in [0.2, 0.25) is 0 Å². The van der Waals surface area contributed by atoms with Crippen LogP contribution in [-0.2, 0) is 13.2 Å². The van der Waals surface area contributed by atoms with Crippen molar-refractivity contribution in [2.45, 2.75) is 44.2 Å². The molecular weight excluding hydrogens is 297 g/mol. The fourth-order valence-corrected chi connectivity index (χ4v) is 3.40. The molecule has 1 heterocycles. The maximum absolute atomic E-state index is 12.7. The lowest BCUT2D eigenvalue weighted by Crippen LogP contribution is -2.09. The number of alkyl halides is 3. The molecule has 96 valence electrons. The number of hydrogen-bond acceptors (Lipinski definition) is 1. The van der Waals surface area contributed by atoms with Gasteiger partial charge in [-0.2, -0.15) is 18.3 Å². The van der Waals surface area contributed by atoms with Gasteiger partial charge in [-0.3, -0.25) is 4.68 Å². The molecule has 0 bridgehead atoms. The van der Waals surface area contributed by atoms with Gasteiger partial charge in [0.15, 0.2) is 5.69 Å². The molecule has 0 radical (unpaired) electrons. The van der Waals surface area contributed by atoms with Gasteiger partial charge in [-0.05, 0) is 28.8 Å². The van der Waals surface area contributed by atoms with Crippen molar-refractivity contribution < 1.29 is 13.2 Å². The lowest BCUT2D eigenvalue weighted by molar-refractivity contribution is -0.142. The second-order valence-corrected chi connectivity index (χ2v) is 5.30. The highest BCUT2D eigenvalue weighted by atomic mass is 79.9. The minimum absolute atomic E-state index is 0.124. The largest absolute Gasteiger partial charge is 0.436 e. The highest BCUT2D eigenvalue weighted by Gasteiger charge is 2.39. The normalized spacial score (nSPS) is 18.6. The molecule has 0 aliphatic heterocycles. The van der Waals surface area contributed by atoms with Crippen LogP contribution in [-0.4, -0.2) is 9.78 Å². The summed E-state index contributed by atoms with van der Waals surface area (Å²) in [6, 6.07) is 0. The Morgan fingerprint density at radius 1 is 1.24 bits per heavy atom. The SMILES string of the molecule is Cn1nc(C(F)(F)F)c(Br)c1C1CCCCC1. The molecule has 0 N–H and O–H groups in total. The Bertz CT molecular complexity index is 406. The number of hydrogen-bond donors (Lipinski definition) is 0. The Morgan fingerprint density at radius 3 is 2.29 bits per heavy atom. The van der Waals surface area contributed by atoms with E-state index in [9.17, 15) is 13.2 Å². The van der Waals surface area contributed by atoms with Crippen molar-refractivity contribution in [1.82, 2.24) is 9.78 Å². The number of aryl methyl sites for hydroxylation is 1. The predicted octanol–water partition coefficient (Wildman–Crippen LogP) is 4.25. The van der Waals surface area contributed by atoms with Gasteiger partial charge >= 0.3 is 6.18 Å². The Labute approximate surface area is 106 Å². The first kappa shape index (κ1) is 12.9. The summed E-state index contributed by atoms with van der Waals surface area (Å²) in [5.74, 6) is 0.201. The van der Waals surface area contributed by atoms with E-state index in [0.29, 0.717) is 5.69 Å². The van der Waals surface area contributed by atoms with Gasteiger partial charge in [0, 0.05) is 13.0 Å². The minimum atomic E-state index is -4.39. The summed E-state index contributed by atoms with van der Waals surface area (Å²) in [5, 5.41) is 3.60. The molecule has 0 amide bonds. The van der Waals surface area contributed by atoms with E-state index in [1.165, 1.54) is 11.1 Å². The molecule has 17 heavy (non-hydrogen) atoms. The smallest absolute Gasteiger partial charge is 0.271 e. The van der Waals surface area contributed by atoms with E-state index in [-0.39, 0.29) is 10.4 Å². The average molecular weight is 311 g/mol. The topological polar surface area (TPSA) is 17.8 Å². The van der Waals surface area contributed by atoms with Crippen LogP contribution in [0.15, 0.2) is 4.47 Å². The Kier molecular flexibility index (Phi) is 3.52. The van der Waals surface area contributed by atoms with E-state index in [1.807, 2.05) is 0 Å². The lowest BCUT2D eigenvalue weighted by atomic mass is 9.87. The summed E-state index contributed by atoms with van der Waals surface area (Å²) in [6.45, 7) is 0. The second-order valence-electron chi connectivity index (χ2n) is 4.50. The Balaban J connectivity index is 2.37. The molecule has 1 aliphatic carbocycles. The summed E-state index contributed by atoms with van der Waals surface area (Å²) in [4.78, 5) is 0. The molecule has 6 heteroatoms. The van der Waals surface area contributed by atoms with Crippen LogP contribution in [0.2, 0.25) is 0 Å². The van der Waals surface area contributed by atoms with Crippen molar-refractivity contribution in [1.29, 1.82) is 0 Å². The van der Waals surface area contributed by atoms with Crippen molar-refractivity contribution in [3.8, 4) is 0 Å². The van der Waals surface area contributed by atoms with Gasteiger partial charge in [0.25, 0.3) is 0 Å². The molecule has 1 aliphatic rings. The molecule has 2 rings (SSSR count). The fraction of sp³-hybridized carbons (Fsp3) is 0.727. The van der Waals surface area contributed by atoms with Gasteiger partial charge in [-0.15, -0.1) is 0 Å². The maximum Gasteiger partial charge on any atom is 0.436 e. The molecule has 0 spiro atoms. The van der Waals surface area contributed by atoms with Crippen LogP contribution in [0.4, 0.5) is 13.2 Å². The standard InChI is InChI=1S/C11H14BrF3N2/c1-17-9(7-5-3-2-4-6-7)8(12)10(16-17)11(13,14)15/h7H,2-6H2,1H3. The van der Waals surface area contributed by atoms with Crippen LogP contribution in [0.1, 0.15) is 49.4 Å². The van der Waals surface area contributed by atoms with Crippen LogP contribution in [0.25, 0.3) is 0 Å². The third kappa shape index (κ3) is 2.51. The van der Waals surface area contributed by atoms with Crippen molar-refractivity contribution >= 4 is 15.9 Å². The molecule has 0 saturated heterocycles. The van der Waals surface area contributed by atoms with Crippen molar-refractivity contribution in [2.75, 3.05) is 0 Å². The average Bonchev–Trinajstić information content (AvgIpc) is 2.55. The number of halogens is 4. The van der Waals surface area contributed by atoms with E-state index in [2.05, 4.69) is 21.0 Å².